The summed E-state index contributed by atoms with van der Waals surface area (Å²) in [6.07, 6.45) is -0.622. The van der Waals surface area contributed by atoms with Gasteiger partial charge in [-0.2, -0.15) is 0 Å². The molecule has 0 radical (unpaired) electrons. The summed E-state index contributed by atoms with van der Waals surface area (Å²) in [5.41, 5.74) is 1.87. The fourth-order valence-electron chi connectivity index (χ4n) is 1.87. The molecule has 0 aromatic heterocycles. The first-order valence-electron chi connectivity index (χ1n) is 7.41. The van der Waals surface area contributed by atoms with Crippen molar-refractivity contribution in [3.8, 4) is 5.75 Å². The van der Waals surface area contributed by atoms with Crippen molar-refractivity contribution < 1.29 is 14.3 Å². The molecule has 0 N–H and O–H groups in total. The summed E-state index contributed by atoms with van der Waals surface area (Å²) in [5.74, 6) is 0.378. The van der Waals surface area contributed by atoms with E-state index in [2.05, 4.69) is 26.8 Å². The first-order chi connectivity index (χ1) is 9.40. The van der Waals surface area contributed by atoms with Crippen molar-refractivity contribution in [1.29, 1.82) is 0 Å². The van der Waals surface area contributed by atoms with E-state index >= 15 is 0 Å². The quantitative estimate of drug-likeness (QED) is 0.774. The third kappa shape index (κ3) is 5.41. The van der Waals surface area contributed by atoms with Gasteiger partial charge in [0.05, 0.1) is 0 Å². The van der Waals surface area contributed by atoms with E-state index in [9.17, 15) is 4.79 Å². The van der Waals surface area contributed by atoms with Gasteiger partial charge in [-0.1, -0.05) is 32.9 Å². The number of esters is 1. The summed E-state index contributed by atoms with van der Waals surface area (Å²) in [7, 11) is 0. The van der Waals surface area contributed by atoms with Gasteiger partial charge >= 0.3 is 5.97 Å². The van der Waals surface area contributed by atoms with Gasteiger partial charge in [0.1, 0.15) is 11.4 Å². The molecule has 3 nitrogen and oxygen atoms in total. The minimum Gasteiger partial charge on any atom is -0.479 e. The smallest absolute Gasteiger partial charge is 0.347 e. The van der Waals surface area contributed by atoms with Gasteiger partial charge in [0.15, 0.2) is 6.10 Å². The summed E-state index contributed by atoms with van der Waals surface area (Å²) in [6.45, 7) is 15.8. The first kappa shape index (κ1) is 17.5. The Morgan fingerprint density at radius 1 is 1.10 bits per heavy atom. The van der Waals surface area contributed by atoms with Crippen molar-refractivity contribution in [3.05, 3.63) is 29.3 Å². The van der Waals surface area contributed by atoms with Gasteiger partial charge in [-0.3, -0.25) is 0 Å². The van der Waals surface area contributed by atoms with Gasteiger partial charge in [0, 0.05) is 0 Å². The summed E-state index contributed by atoms with van der Waals surface area (Å²) in [6, 6.07) is 6.08. The molecule has 0 spiro atoms. The Morgan fingerprint density at radius 3 is 2.10 bits per heavy atom. The lowest BCUT2D eigenvalue weighted by Gasteiger charge is -2.24. The second kappa shape index (κ2) is 6.08. The molecule has 0 bridgehead atoms. The van der Waals surface area contributed by atoms with E-state index in [-0.39, 0.29) is 11.4 Å². The van der Waals surface area contributed by atoms with Crippen LogP contribution in [0.3, 0.4) is 0 Å². The molecule has 0 amide bonds. The molecule has 0 aliphatic carbocycles. The summed E-state index contributed by atoms with van der Waals surface area (Å²) in [4.78, 5) is 12.0. The molecule has 3 heteroatoms. The largest absolute Gasteiger partial charge is 0.479 e. The van der Waals surface area contributed by atoms with Crippen LogP contribution < -0.4 is 4.74 Å². The maximum absolute atomic E-state index is 12.0. The molecule has 0 fully saturated rings. The molecule has 1 aromatic carbocycles. The van der Waals surface area contributed by atoms with Crippen LogP contribution in [0.4, 0.5) is 0 Å². The molecule has 1 aromatic rings. The third-order valence-electron chi connectivity index (χ3n) is 3.08. The highest BCUT2D eigenvalue weighted by atomic mass is 16.6. The molecule has 0 heterocycles. The van der Waals surface area contributed by atoms with E-state index in [1.807, 2.05) is 39.8 Å². The molecule has 118 valence electrons. The fourth-order valence-corrected chi connectivity index (χ4v) is 1.87. The molecule has 0 saturated heterocycles. The van der Waals surface area contributed by atoms with Gasteiger partial charge in [0.2, 0.25) is 0 Å². The fraction of sp³-hybridized carbons (Fsp3) is 0.611. The monoisotopic (exact) mass is 292 g/mol. The second-order valence-electron chi connectivity index (χ2n) is 7.52. The topological polar surface area (TPSA) is 35.5 Å². The molecular formula is C18H28O3. The minimum atomic E-state index is -0.622. The standard InChI is InChI=1S/C18H28O3/c1-12-11-14(17(3,4)5)9-10-15(12)20-13(2)16(19)21-18(6,7)8/h9-11,13H,1-8H3. The number of benzene rings is 1. The predicted octanol–water partition coefficient (Wildman–Crippen LogP) is 4.40. The van der Waals surface area contributed by atoms with Gasteiger partial charge in [0.25, 0.3) is 0 Å². The number of aryl methyl sites for hydroxylation is 1. The summed E-state index contributed by atoms with van der Waals surface area (Å²) < 4.78 is 11.1. The molecule has 21 heavy (non-hydrogen) atoms. The number of carbonyl (C=O) groups excluding carboxylic acids is 1. The Morgan fingerprint density at radius 2 is 1.67 bits per heavy atom. The van der Waals surface area contributed by atoms with E-state index in [0.717, 1.165) is 11.3 Å². The van der Waals surface area contributed by atoms with E-state index < -0.39 is 11.7 Å². The van der Waals surface area contributed by atoms with E-state index in [1.54, 1.807) is 6.92 Å². The maximum atomic E-state index is 12.0. The minimum absolute atomic E-state index is 0.0973. The third-order valence-corrected chi connectivity index (χ3v) is 3.08. The number of hydrogen-bond acceptors (Lipinski definition) is 3. The van der Waals surface area contributed by atoms with Crippen LogP contribution in [-0.2, 0) is 14.9 Å². The van der Waals surface area contributed by atoms with Gasteiger partial charge < -0.3 is 9.47 Å². The Balaban J connectivity index is 2.82. The van der Waals surface area contributed by atoms with Crippen molar-refractivity contribution in [2.75, 3.05) is 0 Å². The van der Waals surface area contributed by atoms with Crippen molar-refractivity contribution in [2.24, 2.45) is 0 Å². The molecule has 0 aliphatic heterocycles. The van der Waals surface area contributed by atoms with E-state index in [4.69, 9.17) is 9.47 Å². The van der Waals surface area contributed by atoms with Crippen LogP contribution in [0, 0.1) is 6.92 Å². The normalized spacial score (nSPS) is 13.7. The van der Waals surface area contributed by atoms with Gasteiger partial charge in [-0.15, -0.1) is 0 Å². The first-order valence-corrected chi connectivity index (χ1v) is 7.41. The SMILES string of the molecule is Cc1cc(C(C)(C)C)ccc1OC(C)C(=O)OC(C)(C)C. The van der Waals surface area contributed by atoms with Crippen LogP contribution in [0.5, 0.6) is 5.75 Å². The van der Waals surface area contributed by atoms with Crippen LogP contribution in [-0.4, -0.2) is 17.7 Å². The van der Waals surface area contributed by atoms with Crippen molar-refractivity contribution in [3.63, 3.8) is 0 Å². The number of carbonyl (C=O) groups is 1. The van der Waals surface area contributed by atoms with Crippen LogP contribution in [0.1, 0.15) is 59.6 Å². The number of hydrogen-bond donors (Lipinski definition) is 0. The zero-order valence-corrected chi connectivity index (χ0v) is 14.5. The number of ether oxygens (including phenoxy) is 2. The van der Waals surface area contributed by atoms with Crippen LogP contribution in [0.25, 0.3) is 0 Å². The molecule has 1 atom stereocenters. The highest BCUT2D eigenvalue weighted by Crippen LogP contribution is 2.28. The van der Waals surface area contributed by atoms with Crippen LogP contribution in [0.15, 0.2) is 18.2 Å². The highest BCUT2D eigenvalue weighted by molar-refractivity contribution is 5.75. The molecule has 1 rings (SSSR count). The van der Waals surface area contributed by atoms with Gasteiger partial charge in [-0.05, 0) is 57.2 Å². The van der Waals surface area contributed by atoms with Crippen molar-refractivity contribution in [1.82, 2.24) is 0 Å². The second-order valence-corrected chi connectivity index (χ2v) is 7.52. The Labute approximate surface area is 128 Å². The zero-order valence-electron chi connectivity index (χ0n) is 14.5. The summed E-state index contributed by atoms with van der Waals surface area (Å²) >= 11 is 0. The average molecular weight is 292 g/mol. The van der Waals surface area contributed by atoms with E-state index in [1.165, 1.54) is 5.56 Å². The van der Waals surface area contributed by atoms with E-state index in [0.29, 0.717) is 0 Å². The lowest BCUT2D eigenvalue weighted by molar-refractivity contribution is -0.162. The lowest BCUT2D eigenvalue weighted by atomic mass is 9.86. The highest BCUT2D eigenvalue weighted by Gasteiger charge is 2.23. The van der Waals surface area contributed by atoms with Gasteiger partial charge in [-0.25, -0.2) is 4.79 Å². The molecule has 0 aliphatic rings. The Hall–Kier alpha value is -1.51. The molecular weight excluding hydrogens is 264 g/mol. The number of rotatable bonds is 3. The summed E-state index contributed by atoms with van der Waals surface area (Å²) in [5, 5.41) is 0. The predicted molar refractivity (Wildman–Crippen MR) is 85.8 cm³/mol. The van der Waals surface area contributed by atoms with Crippen LogP contribution in [0.2, 0.25) is 0 Å². The Kier molecular flexibility index (Phi) is 5.08. The Bertz CT molecular complexity index is 504. The van der Waals surface area contributed by atoms with Crippen molar-refractivity contribution >= 4 is 5.97 Å². The zero-order chi connectivity index (χ0) is 16.4. The van der Waals surface area contributed by atoms with Crippen LogP contribution >= 0.6 is 0 Å². The van der Waals surface area contributed by atoms with Crippen molar-refractivity contribution in [2.45, 2.75) is 72.5 Å². The lowest BCUT2D eigenvalue weighted by Crippen LogP contribution is -2.33. The molecule has 0 saturated carbocycles. The maximum Gasteiger partial charge on any atom is 0.347 e. The average Bonchev–Trinajstić information content (AvgIpc) is 2.27. The molecule has 1 unspecified atom stereocenters.